The van der Waals surface area contributed by atoms with E-state index in [9.17, 15) is 4.39 Å². The Morgan fingerprint density at radius 2 is 1.71 bits per heavy atom. The van der Waals surface area contributed by atoms with Gasteiger partial charge in [-0.05, 0) is 67.2 Å². The molecular formula is C23H25FN2O2. The van der Waals surface area contributed by atoms with Crippen LogP contribution in [0.2, 0.25) is 0 Å². The van der Waals surface area contributed by atoms with E-state index in [0.717, 1.165) is 30.5 Å². The van der Waals surface area contributed by atoms with Gasteiger partial charge in [-0.2, -0.15) is 0 Å². The molecule has 2 bridgehead atoms. The molecule has 0 saturated carbocycles. The molecule has 0 aromatic heterocycles. The Kier molecular flexibility index (Phi) is 3.88. The average molecular weight is 380 g/mol. The third kappa shape index (κ3) is 2.64. The van der Waals surface area contributed by atoms with Gasteiger partial charge < -0.3 is 9.47 Å². The van der Waals surface area contributed by atoms with Crippen LogP contribution in [0.3, 0.4) is 0 Å². The Bertz CT molecular complexity index is 879. The number of halogens is 1. The lowest BCUT2D eigenvalue weighted by molar-refractivity contribution is -0.00870. The Labute approximate surface area is 164 Å². The van der Waals surface area contributed by atoms with E-state index in [2.05, 4.69) is 28.0 Å². The van der Waals surface area contributed by atoms with Gasteiger partial charge in [-0.1, -0.05) is 18.2 Å². The molecular weight excluding hydrogens is 355 g/mol. The van der Waals surface area contributed by atoms with Gasteiger partial charge in [-0.15, -0.1) is 0 Å². The normalized spacial score (nSPS) is 33.2. The zero-order chi connectivity index (χ0) is 18.7. The van der Waals surface area contributed by atoms with Crippen LogP contribution >= 0.6 is 0 Å². The summed E-state index contributed by atoms with van der Waals surface area (Å²) in [5, 5.41) is 0. The smallest absolute Gasteiger partial charge is 0.231 e. The summed E-state index contributed by atoms with van der Waals surface area (Å²) in [5.74, 6) is 2.82. The molecule has 5 heteroatoms. The Morgan fingerprint density at radius 3 is 2.54 bits per heavy atom. The minimum Gasteiger partial charge on any atom is -0.454 e. The van der Waals surface area contributed by atoms with Crippen LogP contribution in [0.1, 0.15) is 29.9 Å². The van der Waals surface area contributed by atoms with Gasteiger partial charge >= 0.3 is 0 Å². The van der Waals surface area contributed by atoms with Gasteiger partial charge in [0.2, 0.25) is 6.79 Å². The first-order chi connectivity index (χ1) is 13.8. The van der Waals surface area contributed by atoms with Gasteiger partial charge in [0.15, 0.2) is 11.5 Å². The molecule has 0 N–H and O–H groups in total. The van der Waals surface area contributed by atoms with Crippen molar-refractivity contribution in [3.05, 3.63) is 59.4 Å². The Morgan fingerprint density at radius 1 is 0.929 bits per heavy atom. The van der Waals surface area contributed by atoms with E-state index in [4.69, 9.17) is 9.47 Å². The van der Waals surface area contributed by atoms with Gasteiger partial charge in [0, 0.05) is 31.1 Å². The first-order valence-corrected chi connectivity index (χ1v) is 10.4. The fraction of sp³-hybridized carbons (Fsp3) is 0.478. The molecule has 2 aromatic carbocycles. The summed E-state index contributed by atoms with van der Waals surface area (Å²) < 4.78 is 24.5. The van der Waals surface area contributed by atoms with E-state index in [0.29, 0.717) is 24.8 Å². The van der Waals surface area contributed by atoms with Gasteiger partial charge in [0.25, 0.3) is 0 Å². The molecule has 0 amide bonds. The van der Waals surface area contributed by atoms with Crippen LogP contribution in [-0.2, 0) is 6.54 Å². The number of fused-ring (bicyclic) bond motifs is 3. The molecule has 0 spiro atoms. The van der Waals surface area contributed by atoms with Gasteiger partial charge in [-0.3, -0.25) is 9.80 Å². The molecule has 146 valence electrons. The summed E-state index contributed by atoms with van der Waals surface area (Å²) in [5.41, 5.74) is 2.55. The van der Waals surface area contributed by atoms with Crippen molar-refractivity contribution in [3.8, 4) is 11.5 Å². The van der Waals surface area contributed by atoms with Crippen molar-refractivity contribution in [2.75, 3.05) is 26.4 Å². The second-order valence-corrected chi connectivity index (χ2v) is 8.63. The first kappa shape index (κ1) is 16.8. The highest BCUT2D eigenvalue weighted by atomic mass is 19.1. The topological polar surface area (TPSA) is 24.9 Å². The third-order valence-corrected chi connectivity index (χ3v) is 7.22. The van der Waals surface area contributed by atoms with Crippen molar-refractivity contribution >= 4 is 0 Å². The molecule has 5 aliphatic heterocycles. The maximum Gasteiger partial charge on any atom is 0.231 e. The number of hydrogen-bond donors (Lipinski definition) is 0. The molecule has 7 rings (SSSR count). The molecule has 4 nitrogen and oxygen atoms in total. The van der Waals surface area contributed by atoms with Crippen LogP contribution in [0.4, 0.5) is 4.39 Å². The number of ether oxygens (including phenoxy) is 2. The minimum atomic E-state index is -0.163. The monoisotopic (exact) mass is 380 g/mol. The third-order valence-electron chi connectivity index (χ3n) is 7.22. The number of nitrogens with zero attached hydrogens (tertiary/aromatic N) is 2. The lowest BCUT2D eigenvalue weighted by atomic mass is 9.75. The van der Waals surface area contributed by atoms with Crippen molar-refractivity contribution in [1.82, 2.24) is 9.80 Å². The highest BCUT2D eigenvalue weighted by Gasteiger charge is 2.53. The van der Waals surface area contributed by atoms with E-state index < -0.39 is 0 Å². The summed E-state index contributed by atoms with van der Waals surface area (Å²) in [6.45, 7) is 4.70. The fourth-order valence-electron chi connectivity index (χ4n) is 5.98. The average Bonchev–Trinajstić information content (AvgIpc) is 3.36. The summed E-state index contributed by atoms with van der Waals surface area (Å²) in [7, 11) is 0. The summed E-state index contributed by atoms with van der Waals surface area (Å²) in [6, 6.07) is 14.6. The first-order valence-electron chi connectivity index (χ1n) is 10.4. The van der Waals surface area contributed by atoms with Crippen LogP contribution in [0.5, 0.6) is 11.5 Å². The lowest BCUT2D eigenvalue weighted by Gasteiger charge is -2.51. The highest BCUT2D eigenvalue weighted by Crippen LogP contribution is 2.48. The van der Waals surface area contributed by atoms with E-state index in [1.165, 1.54) is 37.1 Å². The highest BCUT2D eigenvalue weighted by molar-refractivity contribution is 5.46. The number of likely N-dealkylation sites (tertiary alicyclic amines) is 1. The fourth-order valence-corrected chi connectivity index (χ4v) is 5.98. The van der Waals surface area contributed by atoms with Gasteiger partial charge in [0.1, 0.15) is 5.82 Å². The van der Waals surface area contributed by atoms with Crippen molar-refractivity contribution in [2.45, 2.75) is 37.4 Å². The summed E-state index contributed by atoms with van der Waals surface area (Å²) >= 11 is 0. The second-order valence-electron chi connectivity index (χ2n) is 8.63. The van der Waals surface area contributed by atoms with Crippen LogP contribution in [0.25, 0.3) is 0 Å². The van der Waals surface area contributed by atoms with Crippen molar-refractivity contribution in [2.24, 2.45) is 5.92 Å². The molecule has 4 saturated heterocycles. The molecule has 5 heterocycles. The number of rotatable bonds is 3. The zero-order valence-corrected chi connectivity index (χ0v) is 15.9. The Balaban J connectivity index is 1.33. The van der Waals surface area contributed by atoms with Crippen molar-refractivity contribution in [1.29, 1.82) is 0 Å². The lowest BCUT2D eigenvalue weighted by Crippen LogP contribution is -2.59. The number of benzene rings is 2. The maximum atomic E-state index is 13.3. The zero-order valence-electron chi connectivity index (χ0n) is 15.9. The summed E-state index contributed by atoms with van der Waals surface area (Å²) in [6.07, 6.45) is 2.60. The van der Waals surface area contributed by atoms with E-state index >= 15 is 0 Å². The Hall–Kier alpha value is -2.11. The molecule has 0 aliphatic carbocycles. The molecule has 5 aliphatic rings. The van der Waals surface area contributed by atoms with Crippen LogP contribution in [0.15, 0.2) is 42.5 Å². The van der Waals surface area contributed by atoms with Crippen molar-refractivity contribution in [3.63, 3.8) is 0 Å². The standard InChI is InChI=1S/C23H25FN2O2/c24-18-4-1-15(2-5-18)12-26-13-19(17-3-6-20-21(11-17)28-14-27-20)23-22(26)16-7-9-25(23)10-8-16/h1-6,11,16,19,22-23H,7-10,12-14H2/t19-,22+,23+/m1/s1. The van der Waals surface area contributed by atoms with E-state index in [1.807, 2.05) is 12.1 Å². The minimum absolute atomic E-state index is 0.163. The maximum absolute atomic E-state index is 13.3. The molecule has 4 fully saturated rings. The molecule has 3 atom stereocenters. The predicted octanol–water partition coefficient (Wildman–Crippen LogP) is 3.62. The van der Waals surface area contributed by atoms with E-state index in [1.54, 1.807) is 12.1 Å². The molecule has 2 aromatic rings. The molecule has 28 heavy (non-hydrogen) atoms. The SMILES string of the molecule is Fc1ccc(CN2C[C@H](c3ccc4c(c3)OCO4)[C@H]3[C@@H]2C2CCN3CC2)cc1. The van der Waals surface area contributed by atoms with Gasteiger partial charge in [0.05, 0.1) is 0 Å². The summed E-state index contributed by atoms with van der Waals surface area (Å²) in [4.78, 5) is 5.37. The van der Waals surface area contributed by atoms with Crippen LogP contribution in [0, 0.1) is 11.7 Å². The van der Waals surface area contributed by atoms with E-state index in [-0.39, 0.29) is 5.82 Å². The largest absolute Gasteiger partial charge is 0.454 e. The van der Waals surface area contributed by atoms with Gasteiger partial charge in [-0.25, -0.2) is 4.39 Å². The number of hydrogen-bond acceptors (Lipinski definition) is 4. The number of piperidine rings is 3. The molecule has 0 unspecified atom stereocenters. The van der Waals surface area contributed by atoms with Crippen molar-refractivity contribution < 1.29 is 13.9 Å². The van der Waals surface area contributed by atoms with Crippen LogP contribution in [-0.4, -0.2) is 48.3 Å². The predicted molar refractivity (Wildman–Crippen MR) is 104 cm³/mol. The second kappa shape index (κ2) is 6.46. The quantitative estimate of drug-likeness (QED) is 0.812. The molecule has 0 radical (unpaired) electrons. The van der Waals surface area contributed by atoms with Crippen LogP contribution < -0.4 is 9.47 Å².